The van der Waals surface area contributed by atoms with Crippen LogP contribution in [0.25, 0.3) is 0 Å². The number of benzene rings is 3. The van der Waals surface area contributed by atoms with Crippen LogP contribution < -0.4 is 0 Å². The summed E-state index contributed by atoms with van der Waals surface area (Å²) in [5.74, 6) is -2.98. The van der Waals surface area contributed by atoms with E-state index in [1.54, 1.807) is 85.8 Å². The molecule has 0 saturated carbocycles. The lowest BCUT2D eigenvalue weighted by Crippen LogP contribution is -2.50. The van der Waals surface area contributed by atoms with E-state index >= 15 is 0 Å². The molecule has 308 valence electrons. The quantitative estimate of drug-likeness (QED) is 0.0959. The Labute approximate surface area is 334 Å². The van der Waals surface area contributed by atoms with Crippen LogP contribution in [0.4, 0.5) is 0 Å². The molecule has 3 aromatic carbocycles. The van der Waals surface area contributed by atoms with Gasteiger partial charge in [0.05, 0.1) is 52.3 Å². The third kappa shape index (κ3) is 11.6. The van der Waals surface area contributed by atoms with Crippen LogP contribution in [0.15, 0.2) is 108 Å². The fraction of sp³-hybridized carbons (Fsp3) is 0.465. The van der Waals surface area contributed by atoms with Crippen molar-refractivity contribution in [3.8, 4) is 0 Å². The van der Waals surface area contributed by atoms with E-state index in [9.17, 15) is 27.9 Å². The van der Waals surface area contributed by atoms with Gasteiger partial charge in [0.1, 0.15) is 24.9 Å². The number of ether oxygens (including phenoxy) is 7. The summed E-state index contributed by atoms with van der Waals surface area (Å²) in [6.45, 7) is 5.39. The number of esters is 3. The van der Waals surface area contributed by atoms with Gasteiger partial charge >= 0.3 is 17.9 Å². The summed E-state index contributed by atoms with van der Waals surface area (Å²) in [5, 5.41) is 9.61. The number of hydrogen-bond acceptors (Lipinski definition) is 13. The molecule has 2 aliphatic rings. The first-order valence-electron chi connectivity index (χ1n) is 19.0. The van der Waals surface area contributed by atoms with E-state index in [-0.39, 0.29) is 55.3 Å². The Hall–Kier alpha value is -4.44. The Morgan fingerprint density at radius 2 is 1.51 bits per heavy atom. The minimum atomic E-state index is -3.89. The molecule has 2 fully saturated rings. The molecule has 57 heavy (non-hydrogen) atoms. The van der Waals surface area contributed by atoms with Gasteiger partial charge < -0.3 is 38.3 Å². The molecule has 14 heteroatoms. The SMILES string of the molecule is C=C1[C@@H](C[C@@H]2O[C@H](C[C@@H](COC(=O)c3ccccc3)OC(=O)c3ccccc3)[C@H](OC)[C@H]2CS(=O)(=O)c2ccccc2)O[C@@H](CCCO)C[C@@]1(C)OC(=O)COC. The monoisotopic (exact) mass is 808 g/mol. The largest absolute Gasteiger partial charge is 0.458 e. The number of aliphatic hydroxyl groups excluding tert-OH is 1. The molecule has 8 atom stereocenters. The molecule has 1 N–H and O–H groups in total. The third-order valence-corrected chi connectivity index (χ3v) is 12.2. The van der Waals surface area contributed by atoms with E-state index in [4.69, 9.17) is 33.2 Å². The molecule has 13 nitrogen and oxygen atoms in total. The van der Waals surface area contributed by atoms with Crippen molar-refractivity contribution in [1.82, 2.24) is 0 Å². The molecule has 0 amide bonds. The molecular weight excluding hydrogens is 757 g/mol. The molecule has 0 radical (unpaired) electrons. The number of methoxy groups -OCH3 is 2. The molecule has 2 saturated heterocycles. The standard InChI is InChI=1S/C43H52O13S/c1-29-36(53-32(19-14-22-44)25-43(29,2)56-39(45)27-50-3)24-37-35(28-57(48,49)34-20-12-7-13-21-34)40(51-4)38(55-37)23-33(54-42(47)31-17-10-6-11-18-31)26-52-41(46)30-15-8-5-9-16-30/h5-13,15-18,20-21,32-33,35-38,40,44H,1,14,19,22-28H2,2-4H3/t32-,33-,35-,36+,37-,38+,40+,43+/m0/s1. The number of aliphatic hydroxyl groups is 1. The van der Waals surface area contributed by atoms with Gasteiger partial charge in [0.15, 0.2) is 9.84 Å². The Morgan fingerprint density at radius 3 is 2.11 bits per heavy atom. The van der Waals surface area contributed by atoms with Crippen molar-refractivity contribution in [3.63, 3.8) is 0 Å². The summed E-state index contributed by atoms with van der Waals surface area (Å²) in [5.41, 5.74) is -0.105. The van der Waals surface area contributed by atoms with Gasteiger partial charge in [-0.25, -0.2) is 22.8 Å². The Bertz CT molecular complexity index is 1890. The van der Waals surface area contributed by atoms with Crippen molar-refractivity contribution in [3.05, 3.63) is 114 Å². The highest BCUT2D eigenvalue weighted by Gasteiger charge is 2.51. The summed E-state index contributed by atoms with van der Waals surface area (Å²) in [6.07, 6.45) is -3.42. The maximum atomic E-state index is 14.0. The fourth-order valence-corrected chi connectivity index (χ4v) is 9.19. The first-order chi connectivity index (χ1) is 27.4. The summed E-state index contributed by atoms with van der Waals surface area (Å²) < 4.78 is 69.7. The molecule has 0 unspecified atom stereocenters. The predicted octanol–water partition coefficient (Wildman–Crippen LogP) is 5.16. The maximum Gasteiger partial charge on any atom is 0.338 e. The van der Waals surface area contributed by atoms with Crippen LogP contribution in [-0.4, -0.2) is 113 Å². The third-order valence-electron chi connectivity index (χ3n) is 10.4. The summed E-state index contributed by atoms with van der Waals surface area (Å²) >= 11 is 0. The number of carbonyl (C=O) groups is 3. The average molecular weight is 809 g/mol. The smallest absolute Gasteiger partial charge is 0.338 e. The van der Waals surface area contributed by atoms with E-state index in [0.29, 0.717) is 24.0 Å². The van der Waals surface area contributed by atoms with Gasteiger partial charge in [-0.2, -0.15) is 0 Å². The van der Waals surface area contributed by atoms with Crippen molar-refractivity contribution in [2.45, 2.75) is 86.1 Å². The van der Waals surface area contributed by atoms with Gasteiger partial charge in [0.2, 0.25) is 0 Å². The number of sulfone groups is 1. The molecule has 2 heterocycles. The van der Waals surface area contributed by atoms with Crippen molar-refractivity contribution in [1.29, 1.82) is 0 Å². The highest BCUT2D eigenvalue weighted by atomic mass is 32.2. The van der Waals surface area contributed by atoms with E-state index in [0.717, 1.165) is 0 Å². The van der Waals surface area contributed by atoms with Gasteiger partial charge in [-0.1, -0.05) is 61.2 Å². The Morgan fingerprint density at radius 1 is 0.895 bits per heavy atom. The molecule has 5 rings (SSSR count). The van der Waals surface area contributed by atoms with Crippen LogP contribution in [0.1, 0.15) is 59.7 Å². The Kier molecular flexibility index (Phi) is 15.6. The minimum Gasteiger partial charge on any atom is -0.458 e. The zero-order chi connectivity index (χ0) is 41.0. The van der Waals surface area contributed by atoms with Crippen LogP contribution in [-0.2, 0) is 47.8 Å². The molecule has 2 aliphatic heterocycles. The molecular formula is C43H52O13S. The molecule has 0 aromatic heterocycles. The lowest BCUT2D eigenvalue weighted by molar-refractivity contribution is -0.173. The van der Waals surface area contributed by atoms with Gasteiger partial charge in [0.25, 0.3) is 0 Å². The van der Waals surface area contributed by atoms with Crippen molar-refractivity contribution in [2.24, 2.45) is 5.92 Å². The van der Waals surface area contributed by atoms with Crippen LogP contribution in [0.3, 0.4) is 0 Å². The second-order valence-corrected chi connectivity index (χ2v) is 16.5. The normalized spacial score (nSPS) is 25.4. The van der Waals surface area contributed by atoms with E-state index in [1.807, 2.05) is 0 Å². The van der Waals surface area contributed by atoms with Crippen LogP contribution in [0.2, 0.25) is 0 Å². The summed E-state index contributed by atoms with van der Waals surface area (Å²) in [4.78, 5) is 39.2. The lowest BCUT2D eigenvalue weighted by atomic mass is 9.80. The first kappa shape index (κ1) is 43.7. The van der Waals surface area contributed by atoms with E-state index in [2.05, 4.69) is 6.58 Å². The van der Waals surface area contributed by atoms with Crippen molar-refractivity contribution >= 4 is 27.7 Å². The first-order valence-corrected chi connectivity index (χ1v) is 20.6. The zero-order valence-corrected chi connectivity index (χ0v) is 33.3. The van der Waals surface area contributed by atoms with Crippen LogP contribution in [0.5, 0.6) is 0 Å². The van der Waals surface area contributed by atoms with Gasteiger partial charge in [0, 0.05) is 46.0 Å². The fourth-order valence-electron chi connectivity index (χ4n) is 7.52. The lowest BCUT2D eigenvalue weighted by Gasteiger charge is -2.44. The molecule has 3 aromatic rings. The zero-order valence-electron chi connectivity index (χ0n) is 32.5. The van der Waals surface area contributed by atoms with Crippen LogP contribution in [0, 0.1) is 5.92 Å². The maximum absolute atomic E-state index is 14.0. The highest BCUT2D eigenvalue weighted by molar-refractivity contribution is 7.91. The van der Waals surface area contributed by atoms with Crippen molar-refractivity contribution in [2.75, 3.05) is 39.8 Å². The topological polar surface area (TPSA) is 170 Å². The van der Waals surface area contributed by atoms with E-state index in [1.165, 1.54) is 26.4 Å². The van der Waals surface area contributed by atoms with Gasteiger partial charge in [-0.15, -0.1) is 0 Å². The second kappa shape index (κ2) is 20.3. The van der Waals surface area contributed by atoms with Crippen LogP contribution >= 0.6 is 0 Å². The number of hydrogen-bond donors (Lipinski definition) is 1. The average Bonchev–Trinajstić information content (AvgIpc) is 3.52. The predicted molar refractivity (Wildman–Crippen MR) is 208 cm³/mol. The molecule has 0 aliphatic carbocycles. The summed E-state index contributed by atoms with van der Waals surface area (Å²) in [6, 6.07) is 24.8. The van der Waals surface area contributed by atoms with Gasteiger partial charge in [-0.05, 0) is 61.7 Å². The van der Waals surface area contributed by atoms with Gasteiger partial charge in [-0.3, -0.25) is 0 Å². The number of carbonyl (C=O) groups excluding carboxylic acids is 3. The highest BCUT2D eigenvalue weighted by Crippen LogP contribution is 2.43. The van der Waals surface area contributed by atoms with Crippen molar-refractivity contribution < 1.29 is 61.1 Å². The summed E-state index contributed by atoms with van der Waals surface area (Å²) in [7, 11) is -1.04. The minimum absolute atomic E-state index is 0.0184. The Balaban J connectivity index is 1.45. The molecule has 0 bridgehead atoms. The van der Waals surface area contributed by atoms with E-state index < -0.39 is 75.9 Å². The second-order valence-electron chi connectivity index (χ2n) is 14.5. The number of rotatable bonds is 19. The molecule has 0 spiro atoms.